The molecule has 1 aromatic rings. The molecule has 0 bridgehead atoms. The van der Waals surface area contributed by atoms with Crippen LogP contribution in [0.1, 0.15) is 38.1 Å². The predicted molar refractivity (Wildman–Crippen MR) is 86.1 cm³/mol. The Labute approximate surface area is 126 Å². The lowest BCUT2D eigenvalue weighted by molar-refractivity contribution is -0.114. The number of carbonyl (C=O) groups is 2. The van der Waals surface area contributed by atoms with E-state index < -0.39 is 11.7 Å². The standard InChI is InChI=1S/C17H24N2O2/c1-11(2)9-19(10-12(3)4)13-6-7-14-15(8-13)18(5)17(21)16(14)20/h6-8,11-12H,9-10H2,1-5H3. The van der Waals surface area contributed by atoms with E-state index in [-0.39, 0.29) is 0 Å². The summed E-state index contributed by atoms with van der Waals surface area (Å²) in [5, 5.41) is 0. The van der Waals surface area contributed by atoms with Crippen molar-refractivity contribution < 1.29 is 9.59 Å². The van der Waals surface area contributed by atoms with Crippen molar-refractivity contribution in [2.24, 2.45) is 11.8 Å². The first-order valence-corrected chi connectivity index (χ1v) is 7.52. The van der Waals surface area contributed by atoms with Crippen LogP contribution in [-0.4, -0.2) is 31.8 Å². The zero-order valence-electron chi connectivity index (χ0n) is 13.5. The fraction of sp³-hybridized carbons (Fsp3) is 0.529. The molecule has 0 spiro atoms. The molecule has 114 valence electrons. The molecule has 1 aromatic carbocycles. The molecule has 1 aliphatic heterocycles. The summed E-state index contributed by atoms with van der Waals surface area (Å²) in [5.74, 6) is 0.260. The fourth-order valence-electron chi connectivity index (χ4n) is 2.73. The van der Waals surface area contributed by atoms with E-state index in [4.69, 9.17) is 0 Å². The van der Waals surface area contributed by atoms with Crippen LogP contribution in [0.3, 0.4) is 0 Å². The number of amides is 1. The first-order chi connectivity index (χ1) is 9.81. The van der Waals surface area contributed by atoms with Gasteiger partial charge in [-0.25, -0.2) is 0 Å². The highest BCUT2D eigenvalue weighted by atomic mass is 16.2. The summed E-state index contributed by atoms with van der Waals surface area (Å²) >= 11 is 0. The summed E-state index contributed by atoms with van der Waals surface area (Å²) in [5.41, 5.74) is 2.31. The molecule has 1 amide bonds. The zero-order chi connectivity index (χ0) is 15.7. The van der Waals surface area contributed by atoms with E-state index in [1.165, 1.54) is 4.90 Å². The van der Waals surface area contributed by atoms with Gasteiger partial charge in [-0.2, -0.15) is 0 Å². The van der Waals surface area contributed by atoms with E-state index in [0.29, 0.717) is 17.4 Å². The third-order valence-corrected chi connectivity index (χ3v) is 3.62. The van der Waals surface area contributed by atoms with Gasteiger partial charge in [-0.3, -0.25) is 9.59 Å². The summed E-state index contributed by atoms with van der Waals surface area (Å²) in [6.45, 7) is 10.7. The maximum absolute atomic E-state index is 11.8. The van der Waals surface area contributed by atoms with Crippen molar-refractivity contribution in [1.82, 2.24) is 0 Å². The van der Waals surface area contributed by atoms with Gasteiger partial charge < -0.3 is 9.80 Å². The van der Waals surface area contributed by atoms with Crippen LogP contribution in [0.4, 0.5) is 11.4 Å². The number of benzene rings is 1. The SMILES string of the molecule is CC(C)CN(CC(C)C)c1ccc2c(c1)N(C)C(=O)C2=O. The van der Waals surface area contributed by atoms with Crippen LogP contribution in [0, 0.1) is 11.8 Å². The predicted octanol–water partition coefficient (Wildman–Crippen LogP) is 2.96. The second kappa shape index (κ2) is 5.88. The van der Waals surface area contributed by atoms with Gasteiger partial charge in [0.15, 0.2) is 0 Å². The molecule has 0 N–H and O–H groups in total. The number of Topliss-reactive ketones (excluding diaryl/α,β-unsaturated/α-hetero) is 1. The Morgan fingerprint density at radius 1 is 1.05 bits per heavy atom. The van der Waals surface area contributed by atoms with E-state index in [1.807, 2.05) is 12.1 Å². The minimum absolute atomic E-state index is 0.404. The van der Waals surface area contributed by atoms with Crippen molar-refractivity contribution >= 4 is 23.1 Å². The van der Waals surface area contributed by atoms with Crippen LogP contribution in [-0.2, 0) is 4.79 Å². The van der Waals surface area contributed by atoms with Crippen molar-refractivity contribution in [3.05, 3.63) is 23.8 Å². The summed E-state index contributed by atoms with van der Waals surface area (Å²) in [6, 6.07) is 5.69. The maximum atomic E-state index is 11.8. The Morgan fingerprint density at radius 2 is 1.62 bits per heavy atom. The number of likely N-dealkylation sites (N-methyl/N-ethyl adjacent to an activating group) is 1. The van der Waals surface area contributed by atoms with Gasteiger partial charge in [0.25, 0.3) is 11.7 Å². The van der Waals surface area contributed by atoms with Crippen molar-refractivity contribution in [3.63, 3.8) is 0 Å². The van der Waals surface area contributed by atoms with Crippen LogP contribution in [0.2, 0.25) is 0 Å². The van der Waals surface area contributed by atoms with Gasteiger partial charge >= 0.3 is 0 Å². The summed E-state index contributed by atoms with van der Waals surface area (Å²) < 4.78 is 0. The second-order valence-corrected chi connectivity index (χ2v) is 6.59. The molecule has 2 rings (SSSR count). The highest BCUT2D eigenvalue weighted by Gasteiger charge is 2.33. The number of ketones is 1. The maximum Gasteiger partial charge on any atom is 0.299 e. The molecule has 0 unspecified atom stereocenters. The number of anilines is 2. The Kier molecular flexibility index (Phi) is 4.35. The van der Waals surface area contributed by atoms with E-state index in [0.717, 1.165) is 24.5 Å². The quantitative estimate of drug-likeness (QED) is 0.782. The third kappa shape index (κ3) is 3.09. The lowest BCUT2D eigenvalue weighted by Gasteiger charge is -2.29. The number of fused-ring (bicyclic) bond motifs is 1. The Balaban J connectivity index is 2.36. The number of carbonyl (C=O) groups excluding carboxylic acids is 2. The molecule has 21 heavy (non-hydrogen) atoms. The average molecular weight is 288 g/mol. The number of hydrogen-bond donors (Lipinski definition) is 0. The first kappa shape index (κ1) is 15.5. The molecular weight excluding hydrogens is 264 g/mol. The van der Waals surface area contributed by atoms with Crippen molar-refractivity contribution in [2.75, 3.05) is 29.9 Å². The van der Waals surface area contributed by atoms with Crippen LogP contribution in [0.5, 0.6) is 0 Å². The minimum Gasteiger partial charge on any atom is -0.371 e. The van der Waals surface area contributed by atoms with E-state index in [9.17, 15) is 9.59 Å². The number of rotatable bonds is 5. The number of nitrogens with zero attached hydrogens (tertiary/aromatic N) is 2. The van der Waals surface area contributed by atoms with Gasteiger partial charge in [0.2, 0.25) is 0 Å². The van der Waals surface area contributed by atoms with E-state index in [2.05, 4.69) is 32.6 Å². The molecule has 0 atom stereocenters. The Hall–Kier alpha value is -1.84. The van der Waals surface area contributed by atoms with Crippen molar-refractivity contribution in [1.29, 1.82) is 0 Å². The first-order valence-electron chi connectivity index (χ1n) is 7.52. The molecule has 0 radical (unpaired) electrons. The van der Waals surface area contributed by atoms with Crippen LogP contribution in [0.15, 0.2) is 18.2 Å². The van der Waals surface area contributed by atoms with Crippen LogP contribution < -0.4 is 9.80 Å². The summed E-state index contributed by atoms with van der Waals surface area (Å²) in [7, 11) is 1.66. The van der Waals surface area contributed by atoms with Crippen molar-refractivity contribution in [2.45, 2.75) is 27.7 Å². The monoisotopic (exact) mass is 288 g/mol. The topological polar surface area (TPSA) is 40.6 Å². The molecule has 0 aliphatic carbocycles. The smallest absolute Gasteiger partial charge is 0.299 e. The van der Waals surface area contributed by atoms with Gasteiger partial charge in [-0.05, 0) is 30.0 Å². The fourth-order valence-corrected chi connectivity index (χ4v) is 2.73. The van der Waals surface area contributed by atoms with Gasteiger partial charge in [-0.1, -0.05) is 27.7 Å². The van der Waals surface area contributed by atoms with Crippen molar-refractivity contribution in [3.8, 4) is 0 Å². The lowest BCUT2D eigenvalue weighted by Crippen LogP contribution is -2.31. The third-order valence-electron chi connectivity index (χ3n) is 3.62. The van der Waals surface area contributed by atoms with Crippen LogP contribution >= 0.6 is 0 Å². The molecule has 4 heteroatoms. The lowest BCUT2D eigenvalue weighted by atomic mass is 10.1. The van der Waals surface area contributed by atoms with Gasteiger partial charge in [0, 0.05) is 25.8 Å². The van der Waals surface area contributed by atoms with E-state index in [1.54, 1.807) is 13.1 Å². The Bertz CT molecular complexity index is 554. The molecular formula is C17H24N2O2. The molecule has 4 nitrogen and oxygen atoms in total. The second-order valence-electron chi connectivity index (χ2n) is 6.59. The molecule has 1 aliphatic rings. The van der Waals surface area contributed by atoms with Gasteiger partial charge in [-0.15, -0.1) is 0 Å². The summed E-state index contributed by atoms with van der Waals surface area (Å²) in [4.78, 5) is 27.4. The van der Waals surface area contributed by atoms with Crippen LogP contribution in [0.25, 0.3) is 0 Å². The molecule has 0 saturated carbocycles. The molecule has 0 aromatic heterocycles. The average Bonchev–Trinajstić information content (AvgIpc) is 2.62. The zero-order valence-corrected chi connectivity index (χ0v) is 13.5. The van der Waals surface area contributed by atoms with E-state index >= 15 is 0 Å². The van der Waals surface area contributed by atoms with Gasteiger partial charge in [0.05, 0.1) is 11.3 Å². The molecule has 1 heterocycles. The highest BCUT2D eigenvalue weighted by molar-refractivity contribution is 6.52. The molecule has 0 saturated heterocycles. The normalized spacial score (nSPS) is 14.3. The Morgan fingerprint density at radius 3 is 2.14 bits per heavy atom. The minimum atomic E-state index is -0.443. The highest BCUT2D eigenvalue weighted by Crippen LogP contribution is 2.32. The molecule has 0 fully saturated rings. The van der Waals surface area contributed by atoms with Gasteiger partial charge in [0.1, 0.15) is 0 Å². The number of hydrogen-bond acceptors (Lipinski definition) is 3. The summed E-state index contributed by atoms with van der Waals surface area (Å²) in [6.07, 6.45) is 0. The largest absolute Gasteiger partial charge is 0.371 e.